The first-order valence-corrected chi connectivity index (χ1v) is 10.4. The van der Waals surface area contributed by atoms with Crippen molar-refractivity contribution in [2.45, 2.75) is 19.8 Å². The molecule has 1 aliphatic rings. The van der Waals surface area contributed by atoms with E-state index in [0.717, 1.165) is 32.0 Å². The second kappa shape index (κ2) is 9.11. The second-order valence-electron chi connectivity index (χ2n) is 7.64. The molecule has 1 fully saturated rings. The molecule has 33 heavy (non-hydrogen) atoms. The van der Waals surface area contributed by atoms with Crippen molar-refractivity contribution in [3.63, 3.8) is 0 Å². The molecule has 1 amide bonds. The number of nitrogens with zero attached hydrogens (tertiary/aromatic N) is 2. The van der Waals surface area contributed by atoms with Crippen LogP contribution in [-0.2, 0) is 9.53 Å². The van der Waals surface area contributed by atoms with E-state index in [1.54, 1.807) is 24.3 Å². The quantitative estimate of drug-likeness (QED) is 0.247. The molecule has 1 aromatic heterocycles. The van der Waals surface area contributed by atoms with Crippen LogP contribution in [-0.4, -0.2) is 42.3 Å². The first kappa shape index (κ1) is 22.0. The molecule has 1 saturated heterocycles. The summed E-state index contributed by atoms with van der Waals surface area (Å²) in [5.74, 6) is -1.93. The Bertz CT molecular complexity index is 1260. The highest BCUT2D eigenvalue weighted by Gasteiger charge is 2.25. The number of hydrogen-bond donors (Lipinski definition) is 1. The van der Waals surface area contributed by atoms with E-state index < -0.39 is 23.4 Å². The average Bonchev–Trinajstić information content (AvgIpc) is 3.46. The first-order chi connectivity index (χ1) is 15.8. The molecule has 1 aliphatic heterocycles. The molecular weight excluding hydrogens is 430 g/mol. The number of ether oxygens (including phenoxy) is 1. The molecule has 3 aromatic rings. The van der Waals surface area contributed by atoms with E-state index in [-0.39, 0.29) is 28.5 Å². The number of Topliss-reactive ketones (excluding diaryl/α,β-unsaturated/α-hetero) is 1. The van der Waals surface area contributed by atoms with Gasteiger partial charge in [-0.05, 0) is 37.1 Å². The minimum Gasteiger partial charge on any atom is -0.452 e. The molecule has 4 rings (SSSR count). The lowest BCUT2D eigenvalue weighted by atomic mass is 10.1. The van der Waals surface area contributed by atoms with Gasteiger partial charge in [0.05, 0.1) is 16.2 Å². The maximum absolute atomic E-state index is 12.4. The highest BCUT2D eigenvalue weighted by molar-refractivity contribution is 6.11. The summed E-state index contributed by atoms with van der Waals surface area (Å²) in [6, 6.07) is 10.9. The Kier molecular flexibility index (Phi) is 6.07. The molecule has 0 saturated carbocycles. The van der Waals surface area contributed by atoms with Crippen LogP contribution in [0.25, 0.3) is 11.0 Å². The fourth-order valence-corrected chi connectivity index (χ4v) is 3.83. The molecule has 0 aliphatic carbocycles. The van der Waals surface area contributed by atoms with Crippen molar-refractivity contribution in [1.82, 2.24) is 0 Å². The number of anilines is 2. The molecule has 170 valence electrons. The van der Waals surface area contributed by atoms with Gasteiger partial charge in [0.1, 0.15) is 11.3 Å². The van der Waals surface area contributed by atoms with Crippen LogP contribution in [0.4, 0.5) is 17.1 Å². The lowest BCUT2D eigenvalue weighted by Crippen LogP contribution is -2.22. The Morgan fingerprint density at radius 3 is 2.58 bits per heavy atom. The van der Waals surface area contributed by atoms with Gasteiger partial charge in [-0.1, -0.05) is 12.1 Å². The van der Waals surface area contributed by atoms with Gasteiger partial charge in [-0.15, -0.1) is 0 Å². The third kappa shape index (κ3) is 4.54. The summed E-state index contributed by atoms with van der Waals surface area (Å²) in [6.07, 6.45) is 1.90. The van der Waals surface area contributed by atoms with Gasteiger partial charge in [0.25, 0.3) is 11.6 Å². The number of para-hydroxylation sites is 1. The van der Waals surface area contributed by atoms with E-state index in [2.05, 4.69) is 5.32 Å². The molecule has 2 heterocycles. The fourth-order valence-electron chi connectivity index (χ4n) is 3.83. The Hall–Kier alpha value is -4.21. The second-order valence-corrected chi connectivity index (χ2v) is 7.64. The van der Waals surface area contributed by atoms with Crippen LogP contribution in [0, 0.1) is 10.1 Å². The van der Waals surface area contributed by atoms with E-state index in [0.29, 0.717) is 16.7 Å². The van der Waals surface area contributed by atoms with Crippen LogP contribution in [0.2, 0.25) is 0 Å². The minimum absolute atomic E-state index is 0.0102. The number of carbonyl (C=O) groups is 3. The zero-order valence-corrected chi connectivity index (χ0v) is 17.8. The predicted molar refractivity (Wildman–Crippen MR) is 120 cm³/mol. The topological polar surface area (TPSA) is 132 Å². The third-order valence-corrected chi connectivity index (χ3v) is 5.37. The number of esters is 1. The number of carbonyl (C=O) groups excluding carboxylic acids is 3. The van der Waals surface area contributed by atoms with Crippen LogP contribution in [0.1, 0.15) is 40.7 Å². The summed E-state index contributed by atoms with van der Waals surface area (Å²) >= 11 is 0. The molecule has 0 atom stereocenters. The lowest BCUT2D eigenvalue weighted by Gasteiger charge is -2.17. The number of nitrogens with one attached hydrogen (secondary N) is 1. The average molecular weight is 451 g/mol. The van der Waals surface area contributed by atoms with Gasteiger partial charge >= 0.3 is 5.97 Å². The molecular formula is C23H21N3O7. The number of furan rings is 1. The van der Waals surface area contributed by atoms with Crippen LogP contribution in [0.3, 0.4) is 0 Å². The zero-order valence-electron chi connectivity index (χ0n) is 17.8. The monoisotopic (exact) mass is 451 g/mol. The standard InChI is InChI=1S/C23H21N3O7/c1-14(27)22-21(16-6-2-3-7-19(16)33-22)24-20(28)13-32-23(29)15-8-9-17(18(12-15)26(30)31)25-10-4-5-11-25/h2-3,6-9,12H,4-5,10-11,13H2,1H3,(H,24,28). The van der Waals surface area contributed by atoms with Gasteiger partial charge in [-0.2, -0.15) is 0 Å². The fraction of sp³-hybridized carbons (Fsp3) is 0.261. The molecule has 0 unspecified atom stereocenters. The van der Waals surface area contributed by atoms with Gasteiger partial charge in [0, 0.05) is 31.5 Å². The maximum Gasteiger partial charge on any atom is 0.338 e. The van der Waals surface area contributed by atoms with Gasteiger partial charge in [-0.25, -0.2) is 4.79 Å². The Balaban J connectivity index is 1.46. The van der Waals surface area contributed by atoms with E-state index in [9.17, 15) is 24.5 Å². The zero-order chi connectivity index (χ0) is 23.5. The molecule has 2 aromatic carbocycles. The molecule has 0 spiro atoms. The number of rotatable bonds is 7. The van der Waals surface area contributed by atoms with E-state index >= 15 is 0 Å². The normalized spacial score (nSPS) is 13.2. The van der Waals surface area contributed by atoms with Gasteiger partial charge < -0.3 is 19.4 Å². The SMILES string of the molecule is CC(=O)c1oc2ccccc2c1NC(=O)COC(=O)c1ccc(N2CCCC2)c([N+](=O)[O-])c1. The summed E-state index contributed by atoms with van der Waals surface area (Å²) < 4.78 is 10.6. The molecule has 0 bridgehead atoms. The van der Waals surface area contributed by atoms with Gasteiger partial charge in [0.15, 0.2) is 18.2 Å². The van der Waals surface area contributed by atoms with Crippen molar-refractivity contribution in [1.29, 1.82) is 0 Å². The molecule has 10 heteroatoms. The van der Waals surface area contributed by atoms with E-state index in [4.69, 9.17) is 9.15 Å². The van der Waals surface area contributed by atoms with E-state index in [1.165, 1.54) is 19.1 Å². The van der Waals surface area contributed by atoms with Crippen LogP contribution >= 0.6 is 0 Å². The first-order valence-electron chi connectivity index (χ1n) is 10.4. The van der Waals surface area contributed by atoms with Crippen molar-refractivity contribution < 1.29 is 28.5 Å². The number of ketones is 1. The number of benzene rings is 2. The molecule has 0 radical (unpaired) electrons. The summed E-state index contributed by atoms with van der Waals surface area (Å²) in [5, 5.41) is 14.6. The van der Waals surface area contributed by atoms with Gasteiger partial charge in [-0.3, -0.25) is 19.7 Å². The Morgan fingerprint density at radius 1 is 1.15 bits per heavy atom. The Morgan fingerprint density at radius 2 is 1.88 bits per heavy atom. The number of amides is 1. The third-order valence-electron chi connectivity index (χ3n) is 5.37. The predicted octanol–water partition coefficient (Wildman–Crippen LogP) is 3.94. The number of nitro benzene ring substituents is 1. The highest BCUT2D eigenvalue weighted by Crippen LogP contribution is 2.32. The minimum atomic E-state index is -0.870. The lowest BCUT2D eigenvalue weighted by molar-refractivity contribution is -0.384. The van der Waals surface area contributed by atoms with Crippen molar-refractivity contribution in [3.05, 3.63) is 63.9 Å². The number of fused-ring (bicyclic) bond motifs is 1. The smallest absolute Gasteiger partial charge is 0.338 e. The molecule has 1 N–H and O–H groups in total. The number of hydrogen-bond acceptors (Lipinski definition) is 8. The van der Waals surface area contributed by atoms with Gasteiger partial charge in [0.2, 0.25) is 0 Å². The summed E-state index contributed by atoms with van der Waals surface area (Å²) in [5.41, 5.74) is 0.864. The summed E-state index contributed by atoms with van der Waals surface area (Å²) in [6.45, 7) is 2.11. The van der Waals surface area contributed by atoms with Crippen molar-refractivity contribution >= 4 is 45.7 Å². The van der Waals surface area contributed by atoms with E-state index in [1.807, 2.05) is 4.90 Å². The summed E-state index contributed by atoms with van der Waals surface area (Å²) in [7, 11) is 0. The van der Waals surface area contributed by atoms with Crippen molar-refractivity contribution in [2.24, 2.45) is 0 Å². The van der Waals surface area contributed by atoms with Crippen LogP contribution in [0.15, 0.2) is 46.9 Å². The Labute approximate surface area is 188 Å². The van der Waals surface area contributed by atoms with Crippen LogP contribution < -0.4 is 10.2 Å². The van der Waals surface area contributed by atoms with Crippen molar-refractivity contribution in [2.75, 3.05) is 29.9 Å². The van der Waals surface area contributed by atoms with Crippen LogP contribution in [0.5, 0.6) is 0 Å². The van der Waals surface area contributed by atoms with Crippen molar-refractivity contribution in [3.8, 4) is 0 Å². The molecule has 10 nitrogen and oxygen atoms in total. The summed E-state index contributed by atoms with van der Waals surface area (Å²) in [4.78, 5) is 49.6. The highest BCUT2D eigenvalue weighted by atomic mass is 16.6. The largest absolute Gasteiger partial charge is 0.452 e. The number of nitro groups is 1. The maximum atomic E-state index is 12.4.